The molecule has 1 fully saturated rings. The van der Waals surface area contributed by atoms with Crippen molar-refractivity contribution in [3.8, 4) is 0 Å². The first-order chi connectivity index (χ1) is 6.76. The summed E-state index contributed by atoms with van der Waals surface area (Å²) in [6.07, 6.45) is -1.22. The summed E-state index contributed by atoms with van der Waals surface area (Å²) in [5.41, 5.74) is 2.51. The molecule has 1 aliphatic heterocycles. The van der Waals surface area contributed by atoms with Crippen LogP contribution in [0.3, 0.4) is 0 Å². The van der Waals surface area contributed by atoms with Crippen LogP contribution in [0, 0.1) is 0 Å². The van der Waals surface area contributed by atoms with Gasteiger partial charge in [0.25, 0.3) is 5.79 Å². The molecule has 1 rings (SSSR count). The summed E-state index contributed by atoms with van der Waals surface area (Å²) in [5.74, 6) is -3.94. The van der Waals surface area contributed by atoms with Crippen LogP contribution >= 0.6 is 0 Å². The van der Waals surface area contributed by atoms with Gasteiger partial charge in [-0.05, 0) is 13.8 Å². The van der Waals surface area contributed by atoms with E-state index in [0.717, 1.165) is 5.01 Å². The summed E-state index contributed by atoms with van der Waals surface area (Å²) in [6, 6.07) is -0.241. The van der Waals surface area contributed by atoms with Crippen molar-refractivity contribution in [3.63, 3.8) is 0 Å². The minimum Gasteiger partial charge on any atom is -0.355 e. The van der Waals surface area contributed by atoms with E-state index in [1.54, 1.807) is 13.8 Å². The number of amides is 2. The smallest absolute Gasteiger partial charge is 0.300 e. The number of carbonyl (C=O) groups excluding carboxylic acids is 2. The van der Waals surface area contributed by atoms with Crippen molar-refractivity contribution < 1.29 is 19.8 Å². The summed E-state index contributed by atoms with van der Waals surface area (Å²) in [5, 5.41) is 22.3. The molecule has 1 unspecified atom stereocenters. The Balaban J connectivity index is 2.85. The molecule has 0 aliphatic carbocycles. The zero-order chi connectivity index (χ0) is 11.8. The Morgan fingerprint density at radius 1 is 1.60 bits per heavy atom. The van der Waals surface area contributed by atoms with E-state index in [4.69, 9.17) is 0 Å². The Bertz CT molecular complexity index is 290. The zero-order valence-corrected chi connectivity index (χ0v) is 8.81. The molecule has 0 aromatic rings. The molecular formula is C8H15N3O4. The molecular weight excluding hydrogens is 202 g/mol. The van der Waals surface area contributed by atoms with E-state index in [1.165, 1.54) is 6.92 Å². The van der Waals surface area contributed by atoms with Gasteiger partial charge in [0, 0.05) is 13.0 Å². The standard InChI is InChI=1S/C8H15N3O4/c1-4(2)11-7(13)8(14,15)6(10-11)9-5(3)12/h4,6,10,14-15H,1-3H3,(H,9,12). The lowest BCUT2D eigenvalue weighted by atomic mass is 10.2. The first kappa shape index (κ1) is 11.9. The molecule has 0 bridgehead atoms. The average Bonchev–Trinajstić information content (AvgIpc) is 2.28. The van der Waals surface area contributed by atoms with E-state index in [9.17, 15) is 19.8 Å². The fourth-order valence-corrected chi connectivity index (χ4v) is 1.31. The molecule has 2 amide bonds. The number of nitrogens with one attached hydrogen (secondary N) is 2. The lowest BCUT2D eigenvalue weighted by Crippen LogP contribution is -2.56. The average molecular weight is 217 g/mol. The molecule has 1 heterocycles. The highest BCUT2D eigenvalue weighted by atomic mass is 16.5. The maximum absolute atomic E-state index is 11.5. The largest absolute Gasteiger partial charge is 0.355 e. The van der Waals surface area contributed by atoms with Crippen LogP contribution in [0.1, 0.15) is 20.8 Å². The van der Waals surface area contributed by atoms with Crippen molar-refractivity contribution in [2.24, 2.45) is 0 Å². The van der Waals surface area contributed by atoms with Crippen LogP contribution < -0.4 is 10.7 Å². The van der Waals surface area contributed by atoms with Gasteiger partial charge in [0.15, 0.2) is 6.17 Å². The second-order valence-corrected chi connectivity index (χ2v) is 3.76. The highest BCUT2D eigenvalue weighted by molar-refractivity contribution is 5.87. The zero-order valence-electron chi connectivity index (χ0n) is 8.81. The first-order valence-corrected chi connectivity index (χ1v) is 4.58. The summed E-state index contributed by atoms with van der Waals surface area (Å²) in [7, 11) is 0. The van der Waals surface area contributed by atoms with E-state index in [2.05, 4.69) is 10.7 Å². The lowest BCUT2D eigenvalue weighted by Gasteiger charge is -2.20. The van der Waals surface area contributed by atoms with Gasteiger partial charge in [-0.3, -0.25) is 14.6 Å². The maximum Gasteiger partial charge on any atom is 0.300 e. The first-order valence-electron chi connectivity index (χ1n) is 4.58. The van der Waals surface area contributed by atoms with Crippen molar-refractivity contribution in [2.45, 2.75) is 38.8 Å². The van der Waals surface area contributed by atoms with E-state index in [1.807, 2.05) is 0 Å². The minimum atomic E-state index is -2.60. The van der Waals surface area contributed by atoms with Crippen molar-refractivity contribution >= 4 is 11.8 Å². The number of hydrazine groups is 1. The molecule has 0 saturated carbocycles. The predicted octanol–water partition coefficient (Wildman–Crippen LogP) is -2.12. The van der Waals surface area contributed by atoms with Crippen molar-refractivity contribution in [2.75, 3.05) is 0 Å². The molecule has 15 heavy (non-hydrogen) atoms. The number of rotatable bonds is 2. The summed E-state index contributed by atoms with van der Waals surface area (Å²) in [6.45, 7) is 4.63. The number of carbonyl (C=O) groups is 2. The normalized spacial score (nSPS) is 24.8. The third-order valence-corrected chi connectivity index (χ3v) is 2.07. The number of nitrogens with zero attached hydrogens (tertiary/aromatic N) is 1. The predicted molar refractivity (Wildman–Crippen MR) is 49.9 cm³/mol. The van der Waals surface area contributed by atoms with Gasteiger partial charge in [-0.2, -0.15) is 0 Å². The van der Waals surface area contributed by atoms with Crippen LogP contribution in [0.25, 0.3) is 0 Å². The van der Waals surface area contributed by atoms with Gasteiger partial charge < -0.3 is 15.5 Å². The Morgan fingerprint density at radius 3 is 2.47 bits per heavy atom. The topological polar surface area (TPSA) is 102 Å². The van der Waals surface area contributed by atoms with Crippen LogP contribution in [-0.2, 0) is 9.59 Å². The highest BCUT2D eigenvalue weighted by Gasteiger charge is 2.53. The van der Waals surface area contributed by atoms with Gasteiger partial charge in [-0.25, -0.2) is 5.43 Å². The third kappa shape index (κ3) is 2.09. The van der Waals surface area contributed by atoms with Crippen molar-refractivity contribution in [1.29, 1.82) is 0 Å². The summed E-state index contributed by atoms with van der Waals surface area (Å²) >= 11 is 0. The van der Waals surface area contributed by atoms with E-state index < -0.39 is 23.8 Å². The van der Waals surface area contributed by atoms with E-state index in [0.29, 0.717) is 0 Å². The third-order valence-electron chi connectivity index (χ3n) is 2.07. The van der Waals surface area contributed by atoms with E-state index >= 15 is 0 Å². The SMILES string of the molecule is CC(=O)NC1NN(C(C)C)C(=O)C1(O)O. The molecule has 7 nitrogen and oxygen atoms in total. The number of hydrogen-bond donors (Lipinski definition) is 4. The Morgan fingerprint density at radius 2 is 2.13 bits per heavy atom. The Hall–Kier alpha value is -1.18. The van der Waals surface area contributed by atoms with Gasteiger partial charge >= 0.3 is 5.91 Å². The number of hydrogen-bond acceptors (Lipinski definition) is 5. The maximum atomic E-state index is 11.5. The van der Waals surface area contributed by atoms with E-state index in [-0.39, 0.29) is 6.04 Å². The van der Waals surface area contributed by atoms with Gasteiger partial charge in [-0.15, -0.1) is 0 Å². The molecule has 1 aliphatic rings. The molecule has 0 radical (unpaired) electrons. The second-order valence-electron chi connectivity index (χ2n) is 3.76. The summed E-state index contributed by atoms with van der Waals surface area (Å²) in [4.78, 5) is 22.2. The van der Waals surface area contributed by atoms with Gasteiger partial charge in [0.2, 0.25) is 5.91 Å². The molecule has 0 aromatic heterocycles. The molecule has 0 spiro atoms. The molecule has 0 aromatic carbocycles. The van der Waals surface area contributed by atoms with Crippen LogP contribution in [0.4, 0.5) is 0 Å². The lowest BCUT2D eigenvalue weighted by molar-refractivity contribution is -0.189. The molecule has 86 valence electrons. The van der Waals surface area contributed by atoms with Gasteiger partial charge in [0.1, 0.15) is 0 Å². The monoisotopic (exact) mass is 217 g/mol. The quantitative estimate of drug-likeness (QED) is 0.396. The minimum absolute atomic E-state index is 0.241. The molecule has 1 saturated heterocycles. The highest BCUT2D eigenvalue weighted by Crippen LogP contribution is 2.18. The number of aliphatic hydroxyl groups is 2. The fraction of sp³-hybridized carbons (Fsp3) is 0.750. The van der Waals surface area contributed by atoms with Crippen LogP contribution in [0.2, 0.25) is 0 Å². The summed E-state index contributed by atoms with van der Waals surface area (Å²) < 4.78 is 0. The van der Waals surface area contributed by atoms with Gasteiger partial charge in [0.05, 0.1) is 0 Å². The molecule has 7 heteroatoms. The molecule has 1 atom stereocenters. The van der Waals surface area contributed by atoms with Crippen molar-refractivity contribution in [1.82, 2.24) is 15.8 Å². The van der Waals surface area contributed by atoms with Gasteiger partial charge in [-0.1, -0.05) is 0 Å². The Kier molecular flexibility index (Phi) is 2.98. The second kappa shape index (κ2) is 3.76. The van der Waals surface area contributed by atoms with Crippen LogP contribution in [0.15, 0.2) is 0 Å². The Labute approximate surface area is 87.0 Å². The van der Waals surface area contributed by atoms with Crippen LogP contribution in [0.5, 0.6) is 0 Å². The molecule has 4 N–H and O–H groups in total. The van der Waals surface area contributed by atoms with Crippen molar-refractivity contribution in [3.05, 3.63) is 0 Å². The van der Waals surface area contributed by atoms with Crippen LogP contribution in [-0.4, -0.2) is 45.0 Å². The fourth-order valence-electron chi connectivity index (χ4n) is 1.31.